The highest BCUT2D eigenvalue weighted by molar-refractivity contribution is 7.14. The van der Waals surface area contributed by atoms with Crippen molar-refractivity contribution < 1.29 is 14.7 Å². The lowest BCUT2D eigenvalue weighted by Gasteiger charge is -2.22. The first-order valence-electron chi connectivity index (χ1n) is 7.67. The van der Waals surface area contributed by atoms with Gasteiger partial charge in [-0.2, -0.15) is 0 Å². The number of hydrogen-bond acceptors (Lipinski definition) is 3. The molecular formula is C16H21NO3S. The highest BCUT2D eigenvalue weighted by Crippen LogP contribution is 2.43. The van der Waals surface area contributed by atoms with E-state index in [1.807, 2.05) is 11.0 Å². The quantitative estimate of drug-likeness (QED) is 0.930. The molecule has 2 bridgehead atoms. The Morgan fingerprint density at radius 1 is 1.43 bits per heavy atom. The Morgan fingerprint density at radius 2 is 2.19 bits per heavy atom. The molecule has 3 unspecified atom stereocenters. The number of nitrogens with zero attached hydrogens (tertiary/aromatic N) is 1. The Balaban J connectivity index is 1.83. The lowest BCUT2D eigenvalue weighted by Crippen LogP contribution is -2.37. The summed E-state index contributed by atoms with van der Waals surface area (Å²) in [6.07, 6.45) is 4.48. The van der Waals surface area contributed by atoms with Gasteiger partial charge in [0.1, 0.15) is 0 Å². The summed E-state index contributed by atoms with van der Waals surface area (Å²) in [5, 5.41) is 9.29. The van der Waals surface area contributed by atoms with Crippen LogP contribution < -0.4 is 0 Å². The lowest BCUT2D eigenvalue weighted by atomic mass is 9.89. The van der Waals surface area contributed by atoms with Crippen molar-refractivity contribution in [3.63, 3.8) is 0 Å². The number of fused-ring (bicyclic) bond motifs is 2. The summed E-state index contributed by atoms with van der Waals surface area (Å²) in [6.45, 7) is 4.20. The van der Waals surface area contributed by atoms with Crippen LogP contribution in [0.25, 0.3) is 0 Å². The van der Waals surface area contributed by atoms with Crippen molar-refractivity contribution in [1.82, 2.24) is 4.90 Å². The third kappa shape index (κ3) is 2.37. The molecule has 1 amide bonds. The van der Waals surface area contributed by atoms with E-state index >= 15 is 0 Å². The van der Waals surface area contributed by atoms with Gasteiger partial charge in [0.05, 0.1) is 10.8 Å². The fourth-order valence-corrected chi connectivity index (χ4v) is 4.86. The van der Waals surface area contributed by atoms with E-state index in [1.165, 1.54) is 10.4 Å². The standard InChI is InChI=1S/C16H21NO3S/c1-3-4-10-7-14(21-9(10)2)15(18)17-11-5-6-13(17)12(8-11)16(19)20/h7,11-13H,3-6,8H2,1-2H3,(H,19,20). The van der Waals surface area contributed by atoms with Gasteiger partial charge < -0.3 is 10.0 Å². The third-order valence-corrected chi connectivity index (χ3v) is 5.92. The Bertz CT molecular complexity index is 580. The molecule has 3 heterocycles. The maximum atomic E-state index is 12.8. The van der Waals surface area contributed by atoms with Gasteiger partial charge in [-0.1, -0.05) is 13.3 Å². The predicted octanol–water partition coefficient (Wildman–Crippen LogP) is 3.09. The number of carboxylic acids is 1. The van der Waals surface area contributed by atoms with Gasteiger partial charge in [0.2, 0.25) is 0 Å². The van der Waals surface area contributed by atoms with Crippen molar-refractivity contribution in [1.29, 1.82) is 0 Å². The normalized spacial score (nSPS) is 27.3. The molecule has 21 heavy (non-hydrogen) atoms. The number of carboxylic acid groups (broad SMARTS) is 1. The average Bonchev–Trinajstić information content (AvgIpc) is 3.11. The summed E-state index contributed by atoms with van der Waals surface area (Å²) >= 11 is 1.55. The fourth-order valence-electron chi connectivity index (χ4n) is 3.84. The van der Waals surface area contributed by atoms with Crippen LogP contribution in [-0.4, -0.2) is 34.0 Å². The Morgan fingerprint density at radius 3 is 2.81 bits per heavy atom. The monoisotopic (exact) mass is 307 g/mol. The van der Waals surface area contributed by atoms with E-state index in [0.29, 0.717) is 6.42 Å². The Hall–Kier alpha value is -1.36. The molecule has 114 valence electrons. The Kier molecular flexibility index (Phi) is 3.78. The average molecular weight is 307 g/mol. The van der Waals surface area contributed by atoms with Crippen molar-refractivity contribution in [2.75, 3.05) is 0 Å². The zero-order valence-corrected chi connectivity index (χ0v) is 13.3. The minimum Gasteiger partial charge on any atom is -0.481 e. The van der Waals surface area contributed by atoms with Gasteiger partial charge >= 0.3 is 5.97 Å². The molecule has 1 N–H and O–H groups in total. The van der Waals surface area contributed by atoms with Crippen molar-refractivity contribution in [3.05, 3.63) is 21.4 Å². The zero-order chi connectivity index (χ0) is 15.1. The number of carbonyl (C=O) groups is 2. The molecule has 4 nitrogen and oxygen atoms in total. The summed E-state index contributed by atoms with van der Waals surface area (Å²) < 4.78 is 0. The molecule has 1 aromatic heterocycles. The smallest absolute Gasteiger partial charge is 0.308 e. The van der Waals surface area contributed by atoms with Crippen LogP contribution in [0.3, 0.4) is 0 Å². The van der Waals surface area contributed by atoms with Crippen LogP contribution in [0.1, 0.15) is 52.7 Å². The number of carbonyl (C=O) groups excluding carboxylic acids is 1. The topological polar surface area (TPSA) is 57.6 Å². The summed E-state index contributed by atoms with van der Waals surface area (Å²) in [5.41, 5.74) is 1.26. The second kappa shape index (κ2) is 5.44. The largest absolute Gasteiger partial charge is 0.481 e. The van der Waals surface area contributed by atoms with Crippen LogP contribution in [0.15, 0.2) is 6.07 Å². The second-order valence-corrected chi connectivity index (χ2v) is 7.39. The van der Waals surface area contributed by atoms with Crippen LogP contribution in [0.5, 0.6) is 0 Å². The fraction of sp³-hybridized carbons (Fsp3) is 0.625. The first-order chi connectivity index (χ1) is 10.0. The molecule has 3 atom stereocenters. The predicted molar refractivity (Wildman–Crippen MR) is 81.8 cm³/mol. The zero-order valence-electron chi connectivity index (χ0n) is 12.5. The second-order valence-electron chi connectivity index (χ2n) is 6.13. The summed E-state index contributed by atoms with van der Waals surface area (Å²) in [4.78, 5) is 27.9. The number of rotatable bonds is 4. The third-order valence-electron chi connectivity index (χ3n) is 4.84. The van der Waals surface area contributed by atoms with Gasteiger partial charge in [0, 0.05) is 17.0 Å². The minimum atomic E-state index is -0.756. The maximum absolute atomic E-state index is 12.8. The minimum absolute atomic E-state index is 0.0432. The van der Waals surface area contributed by atoms with Crippen LogP contribution in [-0.2, 0) is 11.2 Å². The maximum Gasteiger partial charge on any atom is 0.308 e. The molecule has 2 fully saturated rings. The van der Waals surface area contributed by atoms with Gasteiger partial charge in [-0.15, -0.1) is 11.3 Å². The van der Waals surface area contributed by atoms with Crippen molar-refractivity contribution in [2.45, 2.75) is 58.0 Å². The SMILES string of the molecule is CCCc1cc(C(=O)N2C3CCC2C(C(=O)O)C3)sc1C. The van der Waals surface area contributed by atoms with E-state index in [1.54, 1.807) is 11.3 Å². The number of thiophene rings is 1. The highest BCUT2D eigenvalue weighted by atomic mass is 32.1. The molecule has 5 heteroatoms. The molecule has 0 aromatic carbocycles. The molecule has 2 aliphatic heterocycles. The van der Waals surface area contributed by atoms with Crippen molar-refractivity contribution in [2.24, 2.45) is 5.92 Å². The van der Waals surface area contributed by atoms with E-state index in [4.69, 9.17) is 0 Å². The van der Waals surface area contributed by atoms with Crippen LogP contribution >= 0.6 is 11.3 Å². The number of aryl methyl sites for hydroxylation is 2. The van der Waals surface area contributed by atoms with Gasteiger partial charge in [-0.25, -0.2) is 0 Å². The first-order valence-corrected chi connectivity index (χ1v) is 8.49. The molecule has 0 aliphatic carbocycles. The van der Waals surface area contributed by atoms with Crippen molar-refractivity contribution >= 4 is 23.2 Å². The summed E-state index contributed by atoms with van der Waals surface area (Å²) in [6, 6.07) is 2.04. The molecule has 0 spiro atoms. The van der Waals surface area contributed by atoms with Gasteiger partial charge in [-0.3, -0.25) is 9.59 Å². The number of amides is 1. The van der Waals surface area contributed by atoms with E-state index in [9.17, 15) is 14.7 Å². The van der Waals surface area contributed by atoms with Crippen LogP contribution in [0, 0.1) is 12.8 Å². The summed E-state index contributed by atoms with van der Waals surface area (Å²) in [7, 11) is 0. The molecule has 2 saturated heterocycles. The lowest BCUT2D eigenvalue weighted by molar-refractivity contribution is -0.142. The van der Waals surface area contributed by atoms with E-state index in [2.05, 4.69) is 13.8 Å². The number of aliphatic carboxylic acids is 1. The van der Waals surface area contributed by atoms with Crippen LogP contribution in [0.2, 0.25) is 0 Å². The van der Waals surface area contributed by atoms with Crippen LogP contribution in [0.4, 0.5) is 0 Å². The summed E-state index contributed by atoms with van der Waals surface area (Å²) in [5.74, 6) is -1.08. The molecule has 2 aliphatic rings. The van der Waals surface area contributed by atoms with E-state index in [-0.39, 0.29) is 23.9 Å². The van der Waals surface area contributed by atoms with E-state index in [0.717, 1.165) is 30.6 Å². The van der Waals surface area contributed by atoms with Gasteiger partial charge in [0.25, 0.3) is 5.91 Å². The molecule has 3 rings (SSSR count). The highest BCUT2D eigenvalue weighted by Gasteiger charge is 2.51. The Labute approximate surface area is 128 Å². The van der Waals surface area contributed by atoms with E-state index < -0.39 is 5.97 Å². The van der Waals surface area contributed by atoms with Gasteiger partial charge in [-0.05, 0) is 44.2 Å². The molecule has 0 saturated carbocycles. The number of hydrogen-bond donors (Lipinski definition) is 1. The molecule has 1 aromatic rings. The van der Waals surface area contributed by atoms with Crippen molar-refractivity contribution in [3.8, 4) is 0 Å². The molecule has 0 radical (unpaired) electrons. The van der Waals surface area contributed by atoms with Gasteiger partial charge in [0.15, 0.2) is 0 Å². The molecular weight excluding hydrogens is 286 g/mol. The first kappa shape index (κ1) is 14.6.